The highest BCUT2D eigenvalue weighted by atomic mass is 16.5. The molecule has 0 spiro atoms. The molecular formula is C18H20N6O2. The van der Waals surface area contributed by atoms with Gasteiger partial charge in [0.25, 0.3) is 5.91 Å². The Hall–Kier alpha value is -3.00. The standard InChI is InChI=1S/C18H20N6O2/c1-23(11-16-14(8-10-26-16)17-19-12-20-22-17)18(25)15-7-9-21-24(15)13-5-3-2-4-6-13/h2-7,9,12,14,16H,8,10-11H2,1H3,(H,19,20,22)/t14-,16-/m1/s1. The number of H-pyrrole nitrogens is 1. The van der Waals surface area contributed by atoms with Crippen LogP contribution in [-0.2, 0) is 4.74 Å². The molecule has 1 saturated heterocycles. The Labute approximate surface area is 150 Å². The molecule has 26 heavy (non-hydrogen) atoms. The second-order valence-electron chi connectivity index (χ2n) is 6.32. The van der Waals surface area contributed by atoms with Gasteiger partial charge in [0.05, 0.1) is 18.0 Å². The van der Waals surface area contributed by atoms with E-state index in [0.717, 1.165) is 17.9 Å². The Kier molecular flexibility index (Phi) is 4.49. The lowest BCUT2D eigenvalue weighted by molar-refractivity contribution is 0.0544. The number of para-hydroxylation sites is 1. The fraction of sp³-hybridized carbons (Fsp3) is 0.333. The second kappa shape index (κ2) is 7.09. The molecule has 0 radical (unpaired) electrons. The molecule has 1 aromatic carbocycles. The molecule has 1 amide bonds. The van der Waals surface area contributed by atoms with Crippen molar-refractivity contribution in [1.29, 1.82) is 0 Å². The summed E-state index contributed by atoms with van der Waals surface area (Å²) in [5.41, 5.74) is 1.37. The van der Waals surface area contributed by atoms with Crippen LogP contribution in [0.15, 0.2) is 48.9 Å². The lowest BCUT2D eigenvalue weighted by Gasteiger charge is -2.24. The molecule has 1 N–H and O–H groups in total. The Bertz CT molecular complexity index is 861. The van der Waals surface area contributed by atoms with Gasteiger partial charge < -0.3 is 9.64 Å². The number of ether oxygens (including phenoxy) is 1. The first-order valence-corrected chi connectivity index (χ1v) is 8.56. The van der Waals surface area contributed by atoms with E-state index in [2.05, 4.69) is 20.3 Å². The summed E-state index contributed by atoms with van der Waals surface area (Å²) < 4.78 is 7.49. The van der Waals surface area contributed by atoms with E-state index in [4.69, 9.17) is 4.74 Å². The first kappa shape index (κ1) is 16.5. The fourth-order valence-electron chi connectivity index (χ4n) is 3.32. The van der Waals surface area contributed by atoms with Gasteiger partial charge in [-0.3, -0.25) is 9.89 Å². The fourth-order valence-corrected chi connectivity index (χ4v) is 3.32. The molecule has 8 nitrogen and oxygen atoms in total. The van der Waals surface area contributed by atoms with Crippen LogP contribution in [0.4, 0.5) is 0 Å². The van der Waals surface area contributed by atoms with Crippen molar-refractivity contribution in [2.75, 3.05) is 20.2 Å². The molecule has 1 aliphatic heterocycles. The Balaban J connectivity index is 1.50. The van der Waals surface area contributed by atoms with Crippen molar-refractivity contribution in [2.24, 2.45) is 0 Å². The minimum atomic E-state index is -0.106. The number of nitrogens with zero attached hydrogens (tertiary/aromatic N) is 5. The van der Waals surface area contributed by atoms with Crippen molar-refractivity contribution in [3.05, 3.63) is 60.4 Å². The first-order valence-electron chi connectivity index (χ1n) is 8.56. The maximum atomic E-state index is 13.0. The number of likely N-dealkylation sites (N-methyl/N-ethyl adjacent to an activating group) is 1. The van der Waals surface area contributed by atoms with Gasteiger partial charge in [0.2, 0.25) is 0 Å². The van der Waals surface area contributed by atoms with Crippen molar-refractivity contribution in [1.82, 2.24) is 29.9 Å². The van der Waals surface area contributed by atoms with Gasteiger partial charge >= 0.3 is 0 Å². The summed E-state index contributed by atoms with van der Waals surface area (Å²) in [7, 11) is 1.78. The van der Waals surface area contributed by atoms with Gasteiger partial charge in [-0.25, -0.2) is 9.67 Å². The molecule has 1 aliphatic rings. The number of aromatic amines is 1. The molecule has 0 saturated carbocycles. The molecule has 4 rings (SSSR count). The molecule has 0 bridgehead atoms. The summed E-state index contributed by atoms with van der Waals surface area (Å²) in [6.45, 7) is 1.13. The number of hydrogen-bond donors (Lipinski definition) is 1. The number of amides is 1. The van der Waals surface area contributed by atoms with Crippen LogP contribution >= 0.6 is 0 Å². The summed E-state index contributed by atoms with van der Waals surface area (Å²) in [5.74, 6) is 0.827. The normalized spacial score (nSPS) is 19.6. The van der Waals surface area contributed by atoms with Gasteiger partial charge in [-0.15, -0.1) is 0 Å². The predicted octanol–water partition coefficient (Wildman–Crippen LogP) is 1.64. The molecule has 8 heteroatoms. The van der Waals surface area contributed by atoms with Crippen molar-refractivity contribution >= 4 is 5.91 Å². The smallest absolute Gasteiger partial charge is 0.272 e. The van der Waals surface area contributed by atoms with Crippen LogP contribution in [0.2, 0.25) is 0 Å². The van der Waals surface area contributed by atoms with E-state index < -0.39 is 0 Å². The molecule has 3 heterocycles. The number of aromatic nitrogens is 5. The van der Waals surface area contributed by atoms with Crippen molar-refractivity contribution in [2.45, 2.75) is 18.4 Å². The SMILES string of the molecule is CN(C[C@H]1OCC[C@H]1c1ncn[nH]1)C(=O)c1ccnn1-c1ccccc1. The van der Waals surface area contributed by atoms with Gasteiger partial charge in [-0.1, -0.05) is 18.2 Å². The first-order chi connectivity index (χ1) is 12.7. The van der Waals surface area contributed by atoms with Crippen LogP contribution in [-0.4, -0.2) is 62.1 Å². The largest absolute Gasteiger partial charge is 0.376 e. The molecular weight excluding hydrogens is 332 g/mol. The van der Waals surface area contributed by atoms with Crippen molar-refractivity contribution in [3.8, 4) is 5.69 Å². The van der Waals surface area contributed by atoms with E-state index in [1.807, 2.05) is 30.3 Å². The van der Waals surface area contributed by atoms with Crippen molar-refractivity contribution in [3.63, 3.8) is 0 Å². The lowest BCUT2D eigenvalue weighted by Crippen LogP contribution is -2.37. The van der Waals surface area contributed by atoms with E-state index in [9.17, 15) is 4.79 Å². The maximum Gasteiger partial charge on any atom is 0.272 e. The number of nitrogens with one attached hydrogen (secondary N) is 1. The third kappa shape index (κ3) is 3.11. The van der Waals surface area contributed by atoms with E-state index in [0.29, 0.717) is 18.8 Å². The molecule has 1 fully saturated rings. The van der Waals surface area contributed by atoms with Gasteiger partial charge in [-0.2, -0.15) is 10.2 Å². The Morgan fingerprint density at radius 3 is 2.96 bits per heavy atom. The highest BCUT2D eigenvalue weighted by molar-refractivity contribution is 5.93. The predicted molar refractivity (Wildman–Crippen MR) is 94.0 cm³/mol. The summed E-state index contributed by atoms with van der Waals surface area (Å²) in [6, 6.07) is 11.3. The average molecular weight is 352 g/mol. The molecule has 0 aliphatic carbocycles. The van der Waals surface area contributed by atoms with E-state index in [-0.39, 0.29) is 17.9 Å². The molecule has 0 unspecified atom stereocenters. The van der Waals surface area contributed by atoms with Gasteiger partial charge in [0.1, 0.15) is 17.8 Å². The number of benzene rings is 1. The van der Waals surface area contributed by atoms with Crippen LogP contribution < -0.4 is 0 Å². The van der Waals surface area contributed by atoms with Gasteiger partial charge in [0.15, 0.2) is 0 Å². The van der Waals surface area contributed by atoms with E-state index >= 15 is 0 Å². The number of rotatable bonds is 5. The summed E-state index contributed by atoms with van der Waals surface area (Å²) in [5, 5.41) is 11.1. The van der Waals surface area contributed by atoms with Crippen LogP contribution in [0.5, 0.6) is 0 Å². The molecule has 134 valence electrons. The maximum absolute atomic E-state index is 13.0. The van der Waals surface area contributed by atoms with Crippen LogP contribution in [0.25, 0.3) is 5.69 Å². The zero-order valence-electron chi connectivity index (χ0n) is 14.4. The molecule has 2 atom stereocenters. The summed E-state index contributed by atoms with van der Waals surface area (Å²) in [4.78, 5) is 18.9. The van der Waals surface area contributed by atoms with Crippen molar-refractivity contribution < 1.29 is 9.53 Å². The van der Waals surface area contributed by atoms with Crippen LogP contribution in [0, 0.1) is 0 Å². The average Bonchev–Trinajstić information content (AvgIpc) is 3.42. The number of carbonyl (C=O) groups is 1. The Morgan fingerprint density at radius 2 is 2.19 bits per heavy atom. The van der Waals surface area contributed by atoms with E-state index in [1.54, 1.807) is 28.9 Å². The highest BCUT2D eigenvalue weighted by Crippen LogP contribution is 2.29. The summed E-state index contributed by atoms with van der Waals surface area (Å²) in [6.07, 6.45) is 3.89. The second-order valence-corrected chi connectivity index (χ2v) is 6.32. The van der Waals surface area contributed by atoms with Crippen LogP contribution in [0.1, 0.15) is 28.7 Å². The van der Waals surface area contributed by atoms with E-state index in [1.165, 1.54) is 6.33 Å². The van der Waals surface area contributed by atoms with Gasteiger partial charge in [0, 0.05) is 26.1 Å². The zero-order valence-corrected chi connectivity index (χ0v) is 14.4. The zero-order chi connectivity index (χ0) is 17.9. The Morgan fingerprint density at radius 1 is 1.35 bits per heavy atom. The monoisotopic (exact) mass is 352 g/mol. The third-order valence-electron chi connectivity index (χ3n) is 4.66. The lowest BCUT2D eigenvalue weighted by atomic mass is 10.0. The third-order valence-corrected chi connectivity index (χ3v) is 4.66. The van der Waals surface area contributed by atoms with Crippen LogP contribution in [0.3, 0.4) is 0 Å². The molecule has 3 aromatic rings. The minimum absolute atomic E-state index is 0.0989. The minimum Gasteiger partial charge on any atom is -0.376 e. The molecule has 2 aromatic heterocycles. The topological polar surface area (TPSA) is 88.9 Å². The number of hydrogen-bond acceptors (Lipinski definition) is 5. The quantitative estimate of drug-likeness (QED) is 0.754. The number of carbonyl (C=O) groups excluding carboxylic acids is 1. The summed E-state index contributed by atoms with van der Waals surface area (Å²) >= 11 is 0. The van der Waals surface area contributed by atoms with Gasteiger partial charge in [-0.05, 0) is 24.6 Å². The highest BCUT2D eigenvalue weighted by Gasteiger charge is 2.34.